The Kier molecular flexibility index (Phi) is 4.91. The number of nitrogens with one attached hydrogen (secondary N) is 1. The van der Waals surface area contributed by atoms with Crippen LogP contribution in [0.1, 0.15) is 19.4 Å². The lowest BCUT2D eigenvalue weighted by molar-refractivity contribution is 0.430. The average Bonchev–Trinajstić information content (AvgIpc) is 2.20. The summed E-state index contributed by atoms with van der Waals surface area (Å²) in [6.07, 6.45) is 3.62. The first kappa shape index (κ1) is 11.5. The molecule has 0 saturated heterocycles. The Labute approximate surface area is 90.7 Å². The molecule has 0 radical (unpaired) electrons. The topological polar surface area (TPSA) is 24.9 Å². The van der Waals surface area contributed by atoms with Gasteiger partial charge < -0.3 is 5.32 Å². The highest BCUT2D eigenvalue weighted by Crippen LogP contribution is 2.05. The second-order valence-corrected chi connectivity index (χ2v) is 4.05. The van der Waals surface area contributed by atoms with E-state index in [2.05, 4.69) is 24.1 Å². The lowest BCUT2D eigenvalue weighted by Crippen LogP contribution is -2.34. The minimum Gasteiger partial charge on any atom is -0.308 e. The Bertz CT molecular complexity index is 249. The maximum absolute atomic E-state index is 5.85. The SMILES string of the molecule is CC(C)C(CCl)NCc1ccncc1. The quantitative estimate of drug-likeness (QED) is 0.759. The van der Waals surface area contributed by atoms with Crippen LogP contribution in [0.25, 0.3) is 0 Å². The van der Waals surface area contributed by atoms with Crippen molar-refractivity contribution in [3.05, 3.63) is 30.1 Å². The monoisotopic (exact) mass is 212 g/mol. The molecule has 0 amide bonds. The Morgan fingerprint density at radius 1 is 1.36 bits per heavy atom. The Morgan fingerprint density at radius 3 is 2.50 bits per heavy atom. The Hall–Kier alpha value is -0.600. The summed E-state index contributed by atoms with van der Waals surface area (Å²) in [5, 5.41) is 3.43. The van der Waals surface area contributed by atoms with Gasteiger partial charge in [-0.1, -0.05) is 13.8 Å². The van der Waals surface area contributed by atoms with Gasteiger partial charge >= 0.3 is 0 Å². The van der Waals surface area contributed by atoms with Crippen LogP contribution in [0.15, 0.2) is 24.5 Å². The molecule has 3 heteroatoms. The van der Waals surface area contributed by atoms with Gasteiger partial charge in [0.25, 0.3) is 0 Å². The summed E-state index contributed by atoms with van der Waals surface area (Å²) in [6.45, 7) is 5.21. The predicted octanol–water partition coefficient (Wildman–Crippen LogP) is 2.43. The van der Waals surface area contributed by atoms with E-state index in [0.29, 0.717) is 17.8 Å². The molecule has 78 valence electrons. The first-order valence-corrected chi connectivity index (χ1v) is 5.45. The molecule has 0 aliphatic carbocycles. The molecule has 1 aromatic heterocycles. The summed E-state index contributed by atoms with van der Waals surface area (Å²) in [7, 11) is 0. The summed E-state index contributed by atoms with van der Waals surface area (Å²) in [5.41, 5.74) is 1.25. The minimum atomic E-state index is 0.379. The van der Waals surface area contributed by atoms with Crippen molar-refractivity contribution in [2.75, 3.05) is 5.88 Å². The highest BCUT2D eigenvalue weighted by molar-refractivity contribution is 6.18. The van der Waals surface area contributed by atoms with Crippen molar-refractivity contribution in [2.45, 2.75) is 26.4 Å². The first-order valence-electron chi connectivity index (χ1n) is 4.92. The molecule has 0 saturated carbocycles. The largest absolute Gasteiger partial charge is 0.308 e. The van der Waals surface area contributed by atoms with Crippen molar-refractivity contribution in [2.24, 2.45) is 5.92 Å². The standard InChI is InChI=1S/C11H17ClN2/c1-9(2)11(7-12)14-8-10-3-5-13-6-4-10/h3-6,9,11,14H,7-8H2,1-2H3. The van der Waals surface area contributed by atoms with E-state index in [-0.39, 0.29) is 0 Å². The number of halogens is 1. The van der Waals surface area contributed by atoms with Gasteiger partial charge in [0.2, 0.25) is 0 Å². The van der Waals surface area contributed by atoms with Crippen molar-refractivity contribution in [3.63, 3.8) is 0 Å². The second-order valence-electron chi connectivity index (χ2n) is 3.74. The zero-order valence-electron chi connectivity index (χ0n) is 8.70. The number of alkyl halides is 1. The van der Waals surface area contributed by atoms with Gasteiger partial charge in [0.15, 0.2) is 0 Å². The number of pyridine rings is 1. The van der Waals surface area contributed by atoms with Crippen LogP contribution >= 0.6 is 11.6 Å². The van der Waals surface area contributed by atoms with Crippen molar-refractivity contribution in [1.29, 1.82) is 0 Å². The lowest BCUT2D eigenvalue weighted by Gasteiger charge is -2.19. The molecule has 1 rings (SSSR count). The summed E-state index contributed by atoms with van der Waals surface area (Å²) >= 11 is 5.85. The van der Waals surface area contributed by atoms with Crippen LogP contribution in [0.3, 0.4) is 0 Å². The Morgan fingerprint density at radius 2 is 2.00 bits per heavy atom. The predicted molar refractivity (Wildman–Crippen MR) is 60.4 cm³/mol. The molecule has 0 aliphatic rings. The van der Waals surface area contributed by atoms with Crippen molar-refractivity contribution < 1.29 is 0 Å². The number of aromatic nitrogens is 1. The van der Waals surface area contributed by atoms with Gasteiger partial charge in [-0.05, 0) is 23.6 Å². The molecule has 1 N–H and O–H groups in total. The molecule has 0 aromatic carbocycles. The van der Waals surface area contributed by atoms with E-state index in [1.54, 1.807) is 0 Å². The number of nitrogens with zero attached hydrogens (tertiary/aromatic N) is 1. The molecule has 0 fully saturated rings. The average molecular weight is 213 g/mol. The van der Waals surface area contributed by atoms with E-state index in [1.807, 2.05) is 24.5 Å². The summed E-state index contributed by atoms with van der Waals surface area (Å²) in [5.74, 6) is 1.22. The van der Waals surface area contributed by atoms with Gasteiger partial charge in [-0.15, -0.1) is 11.6 Å². The van der Waals surface area contributed by atoms with Crippen LogP contribution in [0.2, 0.25) is 0 Å². The second kappa shape index (κ2) is 5.99. The van der Waals surface area contributed by atoms with Crippen LogP contribution < -0.4 is 5.32 Å². The first-order chi connectivity index (χ1) is 6.74. The number of hydrogen-bond acceptors (Lipinski definition) is 2. The number of hydrogen-bond donors (Lipinski definition) is 1. The molecule has 0 spiro atoms. The summed E-state index contributed by atoms with van der Waals surface area (Å²) in [4.78, 5) is 3.97. The van der Waals surface area contributed by atoms with E-state index < -0.39 is 0 Å². The molecule has 0 bridgehead atoms. The molecule has 1 heterocycles. The third-order valence-corrected chi connectivity index (χ3v) is 2.62. The molecule has 1 aromatic rings. The van der Waals surface area contributed by atoms with Gasteiger partial charge in [0, 0.05) is 30.9 Å². The molecule has 1 atom stereocenters. The molecule has 14 heavy (non-hydrogen) atoms. The van der Waals surface area contributed by atoms with Gasteiger partial charge in [-0.3, -0.25) is 4.98 Å². The minimum absolute atomic E-state index is 0.379. The van der Waals surface area contributed by atoms with E-state index in [1.165, 1.54) is 5.56 Å². The van der Waals surface area contributed by atoms with Crippen LogP contribution in [0.4, 0.5) is 0 Å². The molecular formula is C11H17ClN2. The van der Waals surface area contributed by atoms with Crippen molar-refractivity contribution >= 4 is 11.6 Å². The highest BCUT2D eigenvalue weighted by atomic mass is 35.5. The van der Waals surface area contributed by atoms with E-state index >= 15 is 0 Å². The summed E-state index contributed by atoms with van der Waals surface area (Å²) in [6, 6.07) is 4.40. The van der Waals surface area contributed by atoms with E-state index in [9.17, 15) is 0 Å². The fraction of sp³-hybridized carbons (Fsp3) is 0.545. The normalized spacial score (nSPS) is 13.1. The van der Waals surface area contributed by atoms with Crippen LogP contribution in [0.5, 0.6) is 0 Å². The van der Waals surface area contributed by atoms with Crippen molar-refractivity contribution in [3.8, 4) is 0 Å². The van der Waals surface area contributed by atoms with Gasteiger partial charge in [-0.25, -0.2) is 0 Å². The summed E-state index contributed by atoms with van der Waals surface area (Å²) < 4.78 is 0. The van der Waals surface area contributed by atoms with Gasteiger partial charge in [0.1, 0.15) is 0 Å². The molecule has 0 aliphatic heterocycles. The smallest absolute Gasteiger partial charge is 0.0380 e. The zero-order chi connectivity index (χ0) is 10.4. The van der Waals surface area contributed by atoms with Crippen LogP contribution in [-0.4, -0.2) is 16.9 Å². The third kappa shape index (κ3) is 3.64. The fourth-order valence-corrected chi connectivity index (χ4v) is 1.68. The van der Waals surface area contributed by atoms with E-state index in [4.69, 9.17) is 11.6 Å². The zero-order valence-corrected chi connectivity index (χ0v) is 9.46. The van der Waals surface area contributed by atoms with E-state index in [0.717, 1.165) is 6.54 Å². The fourth-order valence-electron chi connectivity index (χ4n) is 1.22. The maximum Gasteiger partial charge on any atom is 0.0380 e. The number of rotatable bonds is 5. The molecule has 1 unspecified atom stereocenters. The third-order valence-electron chi connectivity index (χ3n) is 2.29. The molecule has 2 nitrogen and oxygen atoms in total. The van der Waals surface area contributed by atoms with Gasteiger partial charge in [-0.2, -0.15) is 0 Å². The maximum atomic E-state index is 5.85. The van der Waals surface area contributed by atoms with Crippen LogP contribution in [0, 0.1) is 5.92 Å². The Balaban J connectivity index is 2.40. The van der Waals surface area contributed by atoms with Gasteiger partial charge in [0.05, 0.1) is 0 Å². The molecular weight excluding hydrogens is 196 g/mol. The highest BCUT2D eigenvalue weighted by Gasteiger charge is 2.10. The lowest BCUT2D eigenvalue weighted by atomic mass is 10.1. The van der Waals surface area contributed by atoms with Crippen LogP contribution in [-0.2, 0) is 6.54 Å². The van der Waals surface area contributed by atoms with Crippen molar-refractivity contribution in [1.82, 2.24) is 10.3 Å².